The highest BCUT2D eigenvalue weighted by Gasteiger charge is 2.53. The minimum atomic E-state index is -3.30. The van der Waals surface area contributed by atoms with Crippen LogP contribution in [0.1, 0.15) is 0 Å². The van der Waals surface area contributed by atoms with Gasteiger partial charge < -0.3 is 4.57 Å². The molecule has 0 radical (unpaired) electrons. The summed E-state index contributed by atoms with van der Waals surface area (Å²) in [4.78, 5) is 5.85. The second kappa shape index (κ2) is 16.2. The maximum absolute atomic E-state index is 5.85. The van der Waals surface area contributed by atoms with Crippen LogP contribution in [0.15, 0.2) is 279 Å². The SMILES string of the molecule is c1ccc(-n2c3ccccc3c3ccc4c(nc5n(-c6ccc7c(c6)[Si](c6ccccc6)(c6ccccc6)c6ccccc6-c6ccccc6[Si]7(c6ccccc6)c6ccccc6)c6ccccc6n45)c32)cc1. The maximum atomic E-state index is 5.85. The standard InChI is InChI=1S/C67H46N4Si2/c1-6-24-47(25-7-1)69-57-37-19-16-34-53(57)56-43-44-60-65(66(56)69)68-67-70(58-38-20-21-39-59(58)71(60)67)48-42-45-63-64(46-48)73(51-30-12-4-13-31-51,52-32-14-5-15-33-52)62-41-23-18-36-55(62)54-35-17-22-40-61(54)72(63,49-26-8-2-9-27-49)50-28-10-3-11-29-50/h1-46H. The van der Waals surface area contributed by atoms with Gasteiger partial charge in [0.2, 0.25) is 5.78 Å². The van der Waals surface area contributed by atoms with E-state index in [4.69, 9.17) is 4.98 Å². The lowest BCUT2D eigenvalue weighted by Crippen LogP contribution is -2.86. The zero-order chi connectivity index (χ0) is 48.1. The van der Waals surface area contributed by atoms with E-state index < -0.39 is 16.1 Å². The van der Waals surface area contributed by atoms with Crippen molar-refractivity contribution in [2.24, 2.45) is 0 Å². The number of benzene rings is 11. The summed E-state index contributed by atoms with van der Waals surface area (Å²) in [5.41, 5.74) is 11.3. The van der Waals surface area contributed by atoms with E-state index in [2.05, 4.69) is 293 Å². The van der Waals surface area contributed by atoms with Crippen LogP contribution in [0.4, 0.5) is 0 Å². The number of hydrogen-bond donors (Lipinski definition) is 0. The molecule has 6 heteroatoms. The molecule has 0 aliphatic carbocycles. The molecule has 342 valence electrons. The molecule has 0 fully saturated rings. The highest BCUT2D eigenvalue weighted by Crippen LogP contribution is 2.39. The topological polar surface area (TPSA) is 27.2 Å². The van der Waals surface area contributed by atoms with Gasteiger partial charge in [0, 0.05) is 22.1 Å². The van der Waals surface area contributed by atoms with E-state index in [-0.39, 0.29) is 0 Å². The zero-order valence-electron chi connectivity index (χ0n) is 39.8. The fraction of sp³-hybridized carbons (Fsp3) is 0. The van der Waals surface area contributed by atoms with Crippen molar-refractivity contribution in [2.45, 2.75) is 0 Å². The summed E-state index contributed by atoms with van der Waals surface area (Å²) < 4.78 is 7.24. The van der Waals surface area contributed by atoms with E-state index >= 15 is 0 Å². The van der Waals surface area contributed by atoms with Gasteiger partial charge in [-0.15, -0.1) is 0 Å². The van der Waals surface area contributed by atoms with E-state index in [9.17, 15) is 0 Å². The van der Waals surface area contributed by atoms with Crippen molar-refractivity contribution in [3.63, 3.8) is 0 Å². The Balaban J connectivity index is 1.15. The molecule has 1 aliphatic heterocycles. The summed E-state index contributed by atoms with van der Waals surface area (Å²) in [6, 6.07) is 105. The van der Waals surface area contributed by atoms with Crippen LogP contribution < -0.4 is 41.5 Å². The van der Waals surface area contributed by atoms with Crippen LogP contribution in [-0.4, -0.2) is 34.7 Å². The Morgan fingerprint density at radius 2 is 0.753 bits per heavy atom. The first-order valence-corrected chi connectivity index (χ1v) is 29.2. The smallest absolute Gasteiger partial charge is 0.220 e. The van der Waals surface area contributed by atoms with Crippen LogP contribution in [0.25, 0.3) is 72.2 Å². The molecule has 3 aromatic heterocycles. The Morgan fingerprint density at radius 3 is 1.33 bits per heavy atom. The highest BCUT2D eigenvalue weighted by molar-refractivity contribution is 7.28. The molecule has 0 bridgehead atoms. The Hall–Kier alpha value is -9.08. The Kier molecular flexibility index (Phi) is 9.27. The van der Waals surface area contributed by atoms with Crippen LogP contribution in [0.5, 0.6) is 0 Å². The quantitative estimate of drug-likeness (QED) is 0.153. The first kappa shape index (κ1) is 41.7. The van der Waals surface area contributed by atoms with Crippen LogP contribution in [0, 0.1) is 0 Å². The largest absolute Gasteiger partial charge is 0.307 e. The molecule has 4 heterocycles. The molecule has 0 spiro atoms. The lowest BCUT2D eigenvalue weighted by molar-refractivity contribution is 1.11. The number of aromatic nitrogens is 4. The third-order valence-electron chi connectivity index (χ3n) is 15.9. The van der Waals surface area contributed by atoms with Gasteiger partial charge in [0.05, 0.1) is 27.6 Å². The molecule has 14 aromatic rings. The molecular formula is C67H46N4Si2. The third-order valence-corrected chi connectivity index (χ3v) is 25.9. The van der Waals surface area contributed by atoms with Crippen molar-refractivity contribution in [2.75, 3.05) is 0 Å². The molecule has 0 saturated heterocycles. The Bertz CT molecular complexity index is 4350. The van der Waals surface area contributed by atoms with Gasteiger partial charge in [0.15, 0.2) is 16.1 Å². The lowest BCUT2D eigenvalue weighted by atomic mass is 10.1. The number of hydrogen-bond acceptors (Lipinski definition) is 1. The molecule has 11 aromatic carbocycles. The van der Waals surface area contributed by atoms with Crippen LogP contribution in [-0.2, 0) is 0 Å². The van der Waals surface area contributed by atoms with Crippen molar-refractivity contribution >= 4 is 107 Å². The fourth-order valence-corrected chi connectivity index (χ4v) is 24.3. The van der Waals surface area contributed by atoms with Crippen molar-refractivity contribution in [1.29, 1.82) is 0 Å². The predicted molar refractivity (Wildman–Crippen MR) is 310 cm³/mol. The molecule has 15 rings (SSSR count). The lowest BCUT2D eigenvalue weighted by Gasteiger charge is -2.45. The van der Waals surface area contributed by atoms with Crippen LogP contribution in [0.3, 0.4) is 0 Å². The van der Waals surface area contributed by atoms with Gasteiger partial charge in [-0.3, -0.25) is 8.97 Å². The second-order valence-corrected chi connectivity index (χ2v) is 26.8. The van der Waals surface area contributed by atoms with Gasteiger partial charge in [-0.1, -0.05) is 224 Å². The average Bonchev–Trinajstić information content (AvgIpc) is 4.16. The highest BCUT2D eigenvalue weighted by atomic mass is 28.3. The maximum Gasteiger partial charge on any atom is 0.220 e. The number of para-hydroxylation sites is 4. The zero-order valence-corrected chi connectivity index (χ0v) is 41.8. The van der Waals surface area contributed by atoms with Gasteiger partial charge in [-0.25, -0.2) is 4.98 Å². The molecule has 1 aliphatic rings. The number of nitrogens with zero attached hydrogens (tertiary/aromatic N) is 4. The van der Waals surface area contributed by atoms with E-state index in [1.165, 1.54) is 63.4 Å². The van der Waals surface area contributed by atoms with Crippen molar-refractivity contribution < 1.29 is 0 Å². The number of rotatable bonds is 6. The minimum Gasteiger partial charge on any atom is -0.307 e. The summed E-state index contributed by atoms with van der Waals surface area (Å²) in [6.45, 7) is 0. The first-order chi connectivity index (χ1) is 36.3. The molecular weight excluding hydrogens is 917 g/mol. The van der Waals surface area contributed by atoms with Crippen molar-refractivity contribution in [3.05, 3.63) is 279 Å². The fourth-order valence-electron chi connectivity index (χ4n) is 13.0. The Morgan fingerprint density at radius 1 is 0.288 bits per heavy atom. The Labute approximate surface area is 425 Å². The van der Waals surface area contributed by atoms with E-state index in [0.717, 1.165) is 50.3 Å². The summed E-state index contributed by atoms with van der Waals surface area (Å²) in [7, 11) is -6.51. The second-order valence-electron chi connectivity index (χ2n) is 19.4. The molecule has 73 heavy (non-hydrogen) atoms. The summed E-state index contributed by atoms with van der Waals surface area (Å²) in [5.74, 6) is 0.881. The van der Waals surface area contributed by atoms with Gasteiger partial charge in [0.1, 0.15) is 5.52 Å². The van der Waals surface area contributed by atoms with E-state index in [0.29, 0.717) is 0 Å². The van der Waals surface area contributed by atoms with Crippen molar-refractivity contribution in [1.82, 2.24) is 18.5 Å². The summed E-state index contributed by atoms with van der Waals surface area (Å²) in [5, 5.41) is 13.4. The number of fused-ring (bicyclic) bond motifs is 13. The van der Waals surface area contributed by atoms with Crippen LogP contribution in [0.2, 0.25) is 0 Å². The molecule has 0 unspecified atom stereocenters. The molecule has 0 saturated carbocycles. The van der Waals surface area contributed by atoms with E-state index in [1.54, 1.807) is 0 Å². The normalized spacial score (nSPS) is 13.7. The molecule has 0 atom stereocenters. The average molecular weight is 963 g/mol. The summed E-state index contributed by atoms with van der Waals surface area (Å²) in [6.07, 6.45) is 0. The minimum absolute atomic E-state index is 0.881. The molecule has 4 nitrogen and oxygen atoms in total. The molecule has 0 N–H and O–H groups in total. The summed E-state index contributed by atoms with van der Waals surface area (Å²) >= 11 is 0. The van der Waals surface area contributed by atoms with Crippen LogP contribution >= 0.6 is 0 Å². The van der Waals surface area contributed by atoms with Gasteiger partial charge >= 0.3 is 0 Å². The molecule has 0 amide bonds. The monoisotopic (exact) mass is 962 g/mol. The van der Waals surface area contributed by atoms with E-state index in [1.807, 2.05) is 0 Å². The van der Waals surface area contributed by atoms with Gasteiger partial charge in [-0.05, 0) is 107 Å². The van der Waals surface area contributed by atoms with Crippen molar-refractivity contribution in [3.8, 4) is 22.5 Å². The van der Waals surface area contributed by atoms with Gasteiger partial charge in [0.25, 0.3) is 0 Å². The van der Waals surface area contributed by atoms with Gasteiger partial charge in [-0.2, -0.15) is 0 Å². The predicted octanol–water partition coefficient (Wildman–Crippen LogP) is 10.3. The first-order valence-electron chi connectivity index (χ1n) is 25.2. The number of imidazole rings is 2. The third kappa shape index (κ3) is 5.79.